The summed E-state index contributed by atoms with van der Waals surface area (Å²) in [5.41, 5.74) is 0. The fraction of sp³-hybridized carbons (Fsp3) is 0.906. The zero-order valence-electron chi connectivity index (χ0n) is 47.3. The lowest BCUT2D eigenvalue weighted by molar-refractivity contribution is -0.143. The van der Waals surface area contributed by atoms with E-state index < -0.39 is 12.1 Å². The van der Waals surface area contributed by atoms with Crippen molar-refractivity contribution in [2.75, 3.05) is 13.2 Å². The lowest BCUT2D eigenvalue weighted by atomic mass is 10.0. The highest BCUT2D eigenvalue weighted by atomic mass is 16.5. The van der Waals surface area contributed by atoms with Crippen molar-refractivity contribution in [1.82, 2.24) is 5.32 Å². The Labute approximate surface area is 437 Å². The summed E-state index contributed by atoms with van der Waals surface area (Å²) in [6, 6.07) is -0.543. The molecule has 0 aliphatic carbocycles. The van der Waals surface area contributed by atoms with Crippen LogP contribution in [0.15, 0.2) is 24.3 Å². The van der Waals surface area contributed by atoms with E-state index in [1.807, 2.05) is 0 Å². The number of nitrogens with one attached hydrogen (secondary N) is 1. The van der Waals surface area contributed by atoms with Gasteiger partial charge in [-0.3, -0.25) is 9.59 Å². The van der Waals surface area contributed by atoms with E-state index in [-0.39, 0.29) is 18.5 Å². The van der Waals surface area contributed by atoms with Crippen LogP contribution in [-0.2, 0) is 14.3 Å². The average molecular weight is 987 g/mol. The minimum atomic E-state index is -0.665. The monoisotopic (exact) mass is 986 g/mol. The van der Waals surface area contributed by atoms with E-state index in [0.29, 0.717) is 25.9 Å². The third kappa shape index (κ3) is 55.7. The van der Waals surface area contributed by atoms with E-state index in [4.69, 9.17) is 4.74 Å². The molecule has 0 heterocycles. The largest absolute Gasteiger partial charge is 0.466 e. The molecule has 414 valence electrons. The summed E-state index contributed by atoms with van der Waals surface area (Å²) in [5.74, 6) is -0.0313. The van der Waals surface area contributed by atoms with Gasteiger partial charge in [-0.2, -0.15) is 0 Å². The van der Waals surface area contributed by atoms with Crippen LogP contribution < -0.4 is 5.32 Å². The molecule has 3 N–H and O–H groups in total. The molecule has 2 atom stereocenters. The second-order valence-electron chi connectivity index (χ2n) is 21.7. The van der Waals surface area contributed by atoms with Gasteiger partial charge in [-0.05, 0) is 77.0 Å². The van der Waals surface area contributed by atoms with Gasteiger partial charge in [0, 0.05) is 12.8 Å². The van der Waals surface area contributed by atoms with E-state index in [9.17, 15) is 19.8 Å². The third-order valence-corrected chi connectivity index (χ3v) is 14.7. The molecule has 0 saturated carbocycles. The Bertz CT molecular complexity index is 1090. The molecule has 0 radical (unpaired) electrons. The molecule has 0 aromatic heterocycles. The molecule has 0 saturated heterocycles. The van der Waals surface area contributed by atoms with Gasteiger partial charge in [0.25, 0.3) is 0 Å². The van der Waals surface area contributed by atoms with Crippen LogP contribution in [0.25, 0.3) is 0 Å². The third-order valence-electron chi connectivity index (χ3n) is 14.7. The molecule has 0 aliphatic rings. The van der Waals surface area contributed by atoms with Gasteiger partial charge in [0.15, 0.2) is 0 Å². The van der Waals surface area contributed by atoms with E-state index in [0.717, 1.165) is 44.9 Å². The minimum absolute atomic E-state index is 0.00523. The number of unbranched alkanes of at least 4 members (excludes halogenated alkanes) is 44. The summed E-state index contributed by atoms with van der Waals surface area (Å²) in [7, 11) is 0. The van der Waals surface area contributed by atoms with E-state index >= 15 is 0 Å². The molecule has 1 amide bonds. The van der Waals surface area contributed by atoms with Gasteiger partial charge in [0.1, 0.15) is 0 Å². The molecule has 0 aromatic carbocycles. The van der Waals surface area contributed by atoms with Crippen LogP contribution in [0.5, 0.6) is 0 Å². The van der Waals surface area contributed by atoms with Crippen LogP contribution in [0.2, 0.25) is 0 Å². The van der Waals surface area contributed by atoms with Gasteiger partial charge in [-0.1, -0.05) is 282 Å². The van der Waals surface area contributed by atoms with Crippen LogP contribution in [0.1, 0.15) is 348 Å². The quantitative estimate of drug-likeness (QED) is 0.0321. The lowest BCUT2D eigenvalue weighted by Gasteiger charge is -2.22. The smallest absolute Gasteiger partial charge is 0.305 e. The van der Waals surface area contributed by atoms with Crippen LogP contribution >= 0.6 is 0 Å². The first-order chi connectivity index (χ1) is 34.5. The molecule has 2 unspecified atom stereocenters. The number of carbonyl (C=O) groups excluding carboxylic acids is 2. The van der Waals surface area contributed by atoms with Gasteiger partial charge in [0.2, 0.25) is 5.91 Å². The van der Waals surface area contributed by atoms with Crippen molar-refractivity contribution in [2.45, 2.75) is 360 Å². The second kappa shape index (κ2) is 59.9. The number of hydrogen-bond acceptors (Lipinski definition) is 5. The van der Waals surface area contributed by atoms with E-state index in [1.54, 1.807) is 0 Å². The maximum atomic E-state index is 12.5. The second-order valence-corrected chi connectivity index (χ2v) is 21.7. The molecular formula is C64H123NO5. The van der Waals surface area contributed by atoms with Crippen molar-refractivity contribution in [3.05, 3.63) is 24.3 Å². The average Bonchev–Trinajstić information content (AvgIpc) is 3.36. The Morgan fingerprint density at radius 1 is 0.386 bits per heavy atom. The molecule has 6 heteroatoms. The predicted octanol–water partition coefficient (Wildman–Crippen LogP) is 19.8. The van der Waals surface area contributed by atoms with Gasteiger partial charge < -0.3 is 20.3 Å². The first kappa shape index (κ1) is 68.3. The van der Waals surface area contributed by atoms with Crippen molar-refractivity contribution in [3.8, 4) is 0 Å². The standard InChI is InChI=1S/C64H123NO5/c1-3-5-7-9-11-13-15-17-32-36-40-44-48-52-56-62(67)61(60-66)65-63(68)57-53-49-45-41-37-33-30-28-26-24-22-20-19-21-23-25-27-29-31-35-39-43-47-51-55-59-70-64(69)58-54-50-46-42-38-34-18-16-14-12-10-8-6-4-2/h16,18,20,22,61-62,66-67H,3-15,17,19,21,23-60H2,1-2H3,(H,65,68)/b18-16-,22-20-. The predicted molar refractivity (Wildman–Crippen MR) is 306 cm³/mol. The summed E-state index contributed by atoms with van der Waals surface area (Å²) < 4.78 is 5.48. The molecule has 0 rings (SSSR count). The maximum absolute atomic E-state index is 12.5. The fourth-order valence-electron chi connectivity index (χ4n) is 9.87. The molecule has 70 heavy (non-hydrogen) atoms. The number of allylic oxidation sites excluding steroid dienone is 4. The number of aliphatic hydroxyl groups is 2. The van der Waals surface area contributed by atoms with Gasteiger partial charge in [-0.25, -0.2) is 0 Å². The molecule has 0 bridgehead atoms. The van der Waals surface area contributed by atoms with Crippen LogP contribution in [0.4, 0.5) is 0 Å². The number of esters is 1. The highest BCUT2D eigenvalue weighted by Gasteiger charge is 2.20. The topological polar surface area (TPSA) is 95.9 Å². The van der Waals surface area contributed by atoms with E-state index in [2.05, 4.69) is 43.5 Å². The van der Waals surface area contributed by atoms with Gasteiger partial charge in [-0.15, -0.1) is 0 Å². The number of rotatable bonds is 59. The normalized spacial score (nSPS) is 12.7. The number of hydrogen-bond donors (Lipinski definition) is 3. The van der Waals surface area contributed by atoms with Crippen LogP contribution in [0, 0.1) is 0 Å². The highest BCUT2D eigenvalue weighted by Crippen LogP contribution is 2.17. The van der Waals surface area contributed by atoms with Gasteiger partial charge >= 0.3 is 5.97 Å². The fourth-order valence-corrected chi connectivity index (χ4v) is 9.87. The van der Waals surface area contributed by atoms with Crippen molar-refractivity contribution in [2.24, 2.45) is 0 Å². The van der Waals surface area contributed by atoms with Crippen LogP contribution in [0.3, 0.4) is 0 Å². The van der Waals surface area contributed by atoms with E-state index in [1.165, 1.54) is 270 Å². The summed E-state index contributed by atoms with van der Waals surface area (Å²) in [5, 5.41) is 23.3. The lowest BCUT2D eigenvalue weighted by Crippen LogP contribution is -2.45. The highest BCUT2D eigenvalue weighted by molar-refractivity contribution is 5.76. The van der Waals surface area contributed by atoms with Crippen molar-refractivity contribution in [1.29, 1.82) is 0 Å². The summed E-state index contributed by atoms with van der Waals surface area (Å²) in [4.78, 5) is 24.5. The maximum Gasteiger partial charge on any atom is 0.305 e. The number of carbonyl (C=O) groups is 2. The Kier molecular flexibility index (Phi) is 58.5. The first-order valence-electron chi connectivity index (χ1n) is 31.6. The number of ether oxygens (including phenoxy) is 1. The summed E-state index contributed by atoms with van der Waals surface area (Å²) in [6.45, 7) is 4.96. The molecule has 0 aliphatic heterocycles. The molecular weight excluding hydrogens is 863 g/mol. The number of amides is 1. The van der Waals surface area contributed by atoms with Crippen molar-refractivity contribution in [3.63, 3.8) is 0 Å². The van der Waals surface area contributed by atoms with Gasteiger partial charge in [0.05, 0.1) is 25.4 Å². The molecule has 0 spiro atoms. The first-order valence-corrected chi connectivity index (χ1v) is 31.6. The molecule has 0 aromatic rings. The Morgan fingerprint density at radius 2 is 0.671 bits per heavy atom. The summed E-state index contributed by atoms with van der Waals surface area (Å²) >= 11 is 0. The molecule has 6 nitrogen and oxygen atoms in total. The Hall–Kier alpha value is -1.66. The Balaban J connectivity index is 3.39. The van der Waals surface area contributed by atoms with Crippen LogP contribution in [-0.4, -0.2) is 47.4 Å². The zero-order valence-corrected chi connectivity index (χ0v) is 47.3. The minimum Gasteiger partial charge on any atom is -0.466 e. The molecule has 0 fully saturated rings. The summed E-state index contributed by atoms with van der Waals surface area (Å²) in [6.07, 6.45) is 73.3. The Morgan fingerprint density at radius 3 is 1.01 bits per heavy atom. The number of aliphatic hydroxyl groups excluding tert-OH is 2. The zero-order chi connectivity index (χ0) is 50.7. The van der Waals surface area contributed by atoms with Crippen molar-refractivity contribution >= 4 is 11.9 Å². The SMILES string of the molecule is CCCCCCC/C=C\CCCCCCCC(=O)OCCCCCCCCCCCCCC/C=C\CCCCCCCCCCCC(=O)NC(CO)C(O)CCCCCCCCCCCCCCCC. The van der Waals surface area contributed by atoms with Crippen molar-refractivity contribution < 1.29 is 24.5 Å².